The Bertz CT molecular complexity index is 1180. The van der Waals surface area contributed by atoms with E-state index in [0.29, 0.717) is 18.4 Å². The van der Waals surface area contributed by atoms with Crippen LogP contribution in [-0.4, -0.2) is 52.4 Å². The van der Waals surface area contributed by atoms with Gasteiger partial charge in [-0.15, -0.1) is 0 Å². The van der Waals surface area contributed by atoms with E-state index in [1.165, 1.54) is 4.90 Å². The monoisotopic (exact) mass is 456 g/mol. The lowest BCUT2D eigenvalue weighted by Gasteiger charge is -2.26. The summed E-state index contributed by atoms with van der Waals surface area (Å²) < 4.78 is 15.3. The van der Waals surface area contributed by atoms with Crippen LogP contribution in [0.4, 0.5) is 4.79 Å². The third-order valence-electron chi connectivity index (χ3n) is 5.05. The van der Waals surface area contributed by atoms with Crippen molar-refractivity contribution in [2.24, 2.45) is 0 Å². The second-order valence-electron chi connectivity index (χ2n) is 8.65. The zero-order valence-corrected chi connectivity index (χ0v) is 19.1. The minimum Gasteiger partial charge on any atom is -0.497 e. The number of methoxy groups -OCH3 is 1. The van der Waals surface area contributed by atoms with E-state index >= 15 is 0 Å². The smallest absolute Gasteiger partial charge is 0.411 e. The molecular weight excluding hydrogens is 428 g/mol. The number of carboxylic acids is 1. The molecule has 4 rings (SSSR count). The van der Waals surface area contributed by atoms with E-state index in [9.17, 15) is 14.4 Å². The van der Waals surface area contributed by atoms with E-state index in [1.54, 1.807) is 58.6 Å². The van der Waals surface area contributed by atoms with Crippen molar-refractivity contribution in [3.63, 3.8) is 0 Å². The van der Waals surface area contributed by atoms with E-state index in [4.69, 9.17) is 19.0 Å². The quantitative estimate of drug-likeness (QED) is 0.603. The molecular formula is C24H28N2O7. The molecule has 176 valence electrons. The summed E-state index contributed by atoms with van der Waals surface area (Å²) in [4.78, 5) is 38.5. The van der Waals surface area contributed by atoms with Crippen molar-refractivity contribution >= 4 is 22.8 Å². The molecule has 2 aromatic heterocycles. The fourth-order valence-corrected chi connectivity index (χ4v) is 3.51. The SMILES string of the molecule is CC(C)(C)OC(=O)N1CCCC1C(=O)O.COc1ccc2c(=O)[nH]c(-c3ccoc3)cc2c1. The standard InChI is InChI=1S/C14H11NO3.C10H17NO4/c1-17-11-2-3-12-10(6-11)7-13(15-14(12)16)9-4-5-18-8-9;1-10(2,3)15-9(14)11-6-4-5-7(11)8(12)13/h2-8H,1H3,(H,15,16);7H,4-6H2,1-3H3,(H,12,13). The van der Waals surface area contributed by atoms with Crippen LogP contribution in [0.3, 0.4) is 0 Å². The van der Waals surface area contributed by atoms with Crippen LogP contribution in [-0.2, 0) is 9.53 Å². The van der Waals surface area contributed by atoms with Crippen LogP contribution < -0.4 is 10.3 Å². The number of ether oxygens (including phenoxy) is 2. The molecule has 0 aliphatic carbocycles. The van der Waals surface area contributed by atoms with E-state index in [1.807, 2.05) is 12.1 Å². The Kier molecular flexibility index (Phi) is 7.10. The summed E-state index contributed by atoms with van der Waals surface area (Å²) in [6.45, 7) is 5.75. The largest absolute Gasteiger partial charge is 0.497 e. The molecule has 1 unspecified atom stereocenters. The Morgan fingerprint density at radius 1 is 1.21 bits per heavy atom. The van der Waals surface area contributed by atoms with E-state index in [-0.39, 0.29) is 5.56 Å². The number of aliphatic carboxylic acids is 1. The van der Waals surface area contributed by atoms with Gasteiger partial charge in [0.25, 0.3) is 5.56 Å². The van der Waals surface area contributed by atoms with Crippen molar-refractivity contribution in [2.75, 3.05) is 13.7 Å². The molecule has 1 aliphatic rings. The molecule has 1 saturated heterocycles. The molecule has 33 heavy (non-hydrogen) atoms. The Balaban J connectivity index is 0.000000190. The number of benzene rings is 1. The molecule has 1 aromatic carbocycles. The Morgan fingerprint density at radius 3 is 2.58 bits per heavy atom. The summed E-state index contributed by atoms with van der Waals surface area (Å²) in [5.74, 6) is -0.232. The minimum absolute atomic E-state index is 0.119. The van der Waals surface area contributed by atoms with Crippen molar-refractivity contribution < 1.29 is 28.6 Å². The molecule has 9 nitrogen and oxygen atoms in total. The first-order chi connectivity index (χ1) is 15.6. The van der Waals surface area contributed by atoms with Gasteiger partial charge in [-0.05, 0) is 69.3 Å². The number of furan rings is 1. The average Bonchev–Trinajstić information content (AvgIpc) is 3.44. The number of fused-ring (bicyclic) bond motifs is 1. The Morgan fingerprint density at radius 2 is 1.97 bits per heavy atom. The topological polar surface area (TPSA) is 122 Å². The summed E-state index contributed by atoms with van der Waals surface area (Å²) in [6, 6.07) is 8.36. The first-order valence-electron chi connectivity index (χ1n) is 10.5. The van der Waals surface area contributed by atoms with Gasteiger partial charge in [0.1, 0.15) is 17.4 Å². The van der Waals surface area contributed by atoms with Crippen molar-refractivity contribution in [2.45, 2.75) is 45.3 Å². The van der Waals surface area contributed by atoms with Crippen LogP contribution in [0, 0.1) is 0 Å². The molecule has 0 saturated carbocycles. The molecule has 0 spiro atoms. The van der Waals surface area contributed by atoms with Gasteiger partial charge >= 0.3 is 12.1 Å². The third-order valence-corrected chi connectivity index (χ3v) is 5.05. The van der Waals surface area contributed by atoms with E-state index in [2.05, 4.69) is 4.98 Å². The van der Waals surface area contributed by atoms with Crippen LogP contribution >= 0.6 is 0 Å². The molecule has 1 aliphatic heterocycles. The molecule has 1 fully saturated rings. The summed E-state index contributed by atoms with van der Waals surface area (Å²) in [6.07, 6.45) is 3.86. The Labute approximate surface area is 190 Å². The van der Waals surface area contributed by atoms with Crippen molar-refractivity contribution in [1.82, 2.24) is 9.88 Å². The molecule has 3 aromatic rings. The predicted molar refractivity (Wildman–Crippen MR) is 122 cm³/mol. The normalized spacial score (nSPS) is 15.6. The number of pyridine rings is 1. The second-order valence-corrected chi connectivity index (χ2v) is 8.65. The number of hydrogen-bond acceptors (Lipinski definition) is 6. The summed E-state index contributed by atoms with van der Waals surface area (Å²) in [7, 11) is 1.60. The molecule has 1 atom stereocenters. The number of nitrogens with zero attached hydrogens (tertiary/aromatic N) is 1. The highest BCUT2D eigenvalue weighted by atomic mass is 16.6. The van der Waals surface area contributed by atoms with Crippen LogP contribution in [0.15, 0.2) is 52.1 Å². The summed E-state index contributed by atoms with van der Waals surface area (Å²) in [5.41, 5.74) is 0.876. The maximum atomic E-state index is 12.0. The van der Waals surface area contributed by atoms with Gasteiger partial charge in [-0.3, -0.25) is 9.69 Å². The average molecular weight is 456 g/mol. The van der Waals surface area contributed by atoms with Gasteiger partial charge in [-0.1, -0.05) is 0 Å². The number of carbonyl (C=O) groups excluding carboxylic acids is 1. The van der Waals surface area contributed by atoms with Crippen molar-refractivity contribution in [3.8, 4) is 17.0 Å². The lowest BCUT2D eigenvalue weighted by Crippen LogP contribution is -2.43. The highest BCUT2D eigenvalue weighted by Crippen LogP contribution is 2.23. The molecule has 2 N–H and O–H groups in total. The predicted octanol–water partition coefficient (Wildman–Crippen LogP) is 4.27. The first-order valence-corrected chi connectivity index (χ1v) is 10.5. The van der Waals surface area contributed by atoms with E-state index < -0.39 is 23.7 Å². The molecule has 0 radical (unpaired) electrons. The van der Waals surface area contributed by atoms with Crippen LogP contribution in [0.25, 0.3) is 22.0 Å². The number of hydrogen-bond donors (Lipinski definition) is 2. The number of aromatic amines is 1. The summed E-state index contributed by atoms with van der Waals surface area (Å²) >= 11 is 0. The van der Waals surface area contributed by atoms with Gasteiger partial charge in [0.2, 0.25) is 0 Å². The maximum Gasteiger partial charge on any atom is 0.411 e. The second kappa shape index (κ2) is 9.81. The van der Waals surface area contributed by atoms with Crippen LogP contribution in [0.5, 0.6) is 5.75 Å². The fourth-order valence-electron chi connectivity index (χ4n) is 3.51. The fraction of sp³-hybridized carbons (Fsp3) is 0.375. The van der Waals surface area contributed by atoms with Crippen molar-refractivity contribution in [3.05, 3.63) is 53.2 Å². The molecule has 0 bridgehead atoms. The molecule has 9 heteroatoms. The Hall–Kier alpha value is -3.75. The summed E-state index contributed by atoms with van der Waals surface area (Å²) in [5, 5.41) is 10.4. The number of rotatable bonds is 3. The highest BCUT2D eigenvalue weighted by Gasteiger charge is 2.36. The molecule has 1 amide bonds. The van der Waals surface area contributed by atoms with Gasteiger partial charge in [-0.2, -0.15) is 0 Å². The van der Waals surface area contributed by atoms with Crippen LogP contribution in [0.1, 0.15) is 33.6 Å². The minimum atomic E-state index is -0.960. The van der Waals surface area contributed by atoms with Gasteiger partial charge in [0.05, 0.1) is 25.3 Å². The van der Waals surface area contributed by atoms with E-state index in [0.717, 1.165) is 28.8 Å². The molecule has 3 heterocycles. The highest BCUT2D eigenvalue weighted by molar-refractivity contribution is 5.86. The van der Waals surface area contributed by atoms with Crippen LogP contribution in [0.2, 0.25) is 0 Å². The number of likely N-dealkylation sites (tertiary alicyclic amines) is 1. The third kappa shape index (κ3) is 5.94. The number of aromatic nitrogens is 1. The van der Waals surface area contributed by atoms with Gasteiger partial charge < -0.3 is 24.0 Å². The maximum absolute atomic E-state index is 12.0. The van der Waals surface area contributed by atoms with Gasteiger partial charge in [0.15, 0.2) is 0 Å². The number of carbonyl (C=O) groups is 2. The zero-order chi connectivity index (χ0) is 24.2. The lowest BCUT2D eigenvalue weighted by molar-refractivity contribution is -0.142. The van der Waals surface area contributed by atoms with Crippen molar-refractivity contribution in [1.29, 1.82) is 0 Å². The van der Waals surface area contributed by atoms with Gasteiger partial charge in [0, 0.05) is 17.5 Å². The number of H-pyrrole nitrogens is 1. The first kappa shape index (κ1) is 23.9. The number of nitrogens with one attached hydrogen (secondary N) is 1. The number of carboxylic acid groups (broad SMARTS) is 1. The lowest BCUT2D eigenvalue weighted by atomic mass is 10.1. The number of amides is 1. The van der Waals surface area contributed by atoms with Gasteiger partial charge in [-0.25, -0.2) is 9.59 Å². The zero-order valence-electron chi connectivity index (χ0n) is 19.1.